The standard InChI is InChI=1S/C12H16O2/c1-8-3-4-9(2)12(7-8)14-11-6-5-10(11)13/h3-4,7,10-11,13H,5-6H2,1-2H3/t10-,11-/m1/s1. The molecule has 0 aromatic heterocycles. The maximum Gasteiger partial charge on any atom is 0.125 e. The zero-order valence-electron chi connectivity index (χ0n) is 8.66. The summed E-state index contributed by atoms with van der Waals surface area (Å²) >= 11 is 0. The van der Waals surface area contributed by atoms with Crippen LogP contribution in [0.3, 0.4) is 0 Å². The molecular weight excluding hydrogens is 176 g/mol. The van der Waals surface area contributed by atoms with Crippen molar-refractivity contribution in [3.63, 3.8) is 0 Å². The summed E-state index contributed by atoms with van der Waals surface area (Å²) < 4.78 is 5.72. The number of aliphatic hydroxyl groups is 1. The SMILES string of the molecule is Cc1ccc(C)c(O[C@@H]2CC[C@H]2O)c1. The molecule has 2 rings (SSSR count). The molecule has 76 valence electrons. The van der Waals surface area contributed by atoms with Gasteiger partial charge in [-0.15, -0.1) is 0 Å². The summed E-state index contributed by atoms with van der Waals surface area (Å²) in [6.07, 6.45) is 1.58. The molecule has 0 heterocycles. The predicted molar refractivity (Wildman–Crippen MR) is 55.6 cm³/mol. The van der Waals surface area contributed by atoms with Gasteiger partial charge in [-0.25, -0.2) is 0 Å². The highest BCUT2D eigenvalue weighted by molar-refractivity contribution is 5.36. The van der Waals surface area contributed by atoms with Crippen molar-refractivity contribution in [3.05, 3.63) is 29.3 Å². The van der Waals surface area contributed by atoms with Crippen LogP contribution in [-0.2, 0) is 0 Å². The van der Waals surface area contributed by atoms with Crippen molar-refractivity contribution in [1.82, 2.24) is 0 Å². The second-order valence-electron chi connectivity index (χ2n) is 4.07. The zero-order valence-corrected chi connectivity index (χ0v) is 8.66. The molecule has 14 heavy (non-hydrogen) atoms. The fourth-order valence-corrected chi connectivity index (χ4v) is 1.59. The molecule has 0 radical (unpaired) electrons. The molecule has 0 spiro atoms. The van der Waals surface area contributed by atoms with Crippen molar-refractivity contribution >= 4 is 0 Å². The average Bonchev–Trinajstić information content (AvgIpc) is 2.17. The van der Waals surface area contributed by atoms with Gasteiger partial charge in [0.15, 0.2) is 0 Å². The first-order valence-electron chi connectivity index (χ1n) is 5.09. The van der Waals surface area contributed by atoms with Gasteiger partial charge in [0.2, 0.25) is 0 Å². The molecule has 1 aliphatic rings. The van der Waals surface area contributed by atoms with Gasteiger partial charge < -0.3 is 9.84 Å². The Balaban J connectivity index is 2.11. The predicted octanol–water partition coefficient (Wildman–Crippen LogP) is 2.21. The maximum absolute atomic E-state index is 9.40. The van der Waals surface area contributed by atoms with E-state index in [2.05, 4.69) is 12.1 Å². The zero-order chi connectivity index (χ0) is 10.1. The molecule has 2 heteroatoms. The van der Waals surface area contributed by atoms with Crippen molar-refractivity contribution in [2.24, 2.45) is 0 Å². The van der Waals surface area contributed by atoms with E-state index < -0.39 is 0 Å². The van der Waals surface area contributed by atoms with Crippen LogP contribution in [0.1, 0.15) is 24.0 Å². The molecular formula is C12H16O2. The molecule has 0 aliphatic heterocycles. The highest BCUT2D eigenvalue weighted by atomic mass is 16.5. The highest BCUT2D eigenvalue weighted by Gasteiger charge is 2.30. The van der Waals surface area contributed by atoms with E-state index in [1.165, 1.54) is 5.56 Å². The third kappa shape index (κ3) is 1.75. The molecule has 0 unspecified atom stereocenters. The van der Waals surface area contributed by atoms with E-state index in [0.717, 1.165) is 24.2 Å². The van der Waals surface area contributed by atoms with Crippen molar-refractivity contribution in [2.75, 3.05) is 0 Å². The van der Waals surface area contributed by atoms with Gasteiger partial charge in [0, 0.05) is 0 Å². The van der Waals surface area contributed by atoms with Gasteiger partial charge >= 0.3 is 0 Å². The molecule has 2 nitrogen and oxygen atoms in total. The summed E-state index contributed by atoms with van der Waals surface area (Å²) in [6, 6.07) is 6.15. The number of hydrogen-bond acceptors (Lipinski definition) is 2. The van der Waals surface area contributed by atoms with Gasteiger partial charge in [0.05, 0.1) is 6.10 Å². The minimum Gasteiger partial charge on any atom is -0.487 e. The van der Waals surface area contributed by atoms with Crippen LogP contribution in [0, 0.1) is 13.8 Å². The lowest BCUT2D eigenvalue weighted by Crippen LogP contribution is -2.41. The minimum absolute atomic E-state index is 0.00972. The average molecular weight is 192 g/mol. The Morgan fingerprint density at radius 2 is 2.07 bits per heavy atom. The van der Waals surface area contributed by atoms with Crippen LogP contribution in [-0.4, -0.2) is 17.3 Å². The smallest absolute Gasteiger partial charge is 0.125 e. The summed E-state index contributed by atoms with van der Waals surface area (Å²) in [6.45, 7) is 4.07. The number of rotatable bonds is 2. The molecule has 1 fully saturated rings. The van der Waals surface area contributed by atoms with E-state index >= 15 is 0 Å². The van der Waals surface area contributed by atoms with Gasteiger partial charge in [0.25, 0.3) is 0 Å². The van der Waals surface area contributed by atoms with Gasteiger partial charge in [-0.05, 0) is 43.9 Å². The van der Waals surface area contributed by atoms with E-state index in [-0.39, 0.29) is 12.2 Å². The molecule has 1 aliphatic carbocycles. The Morgan fingerprint density at radius 1 is 1.29 bits per heavy atom. The number of benzene rings is 1. The first kappa shape index (κ1) is 9.53. The van der Waals surface area contributed by atoms with Crippen LogP contribution < -0.4 is 4.74 Å². The molecule has 1 N–H and O–H groups in total. The number of aliphatic hydroxyl groups excluding tert-OH is 1. The number of ether oxygens (including phenoxy) is 1. The van der Waals surface area contributed by atoms with Crippen molar-refractivity contribution < 1.29 is 9.84 Å². The van der Waals surface area contributed by atoms with Gasteiger partial charge in [-0.2, -0.15) is 0 Å². The number of hydrogen-bond donors (Lipinski definition) is 1. The van der Waals surface area contributed by atoms with Crippen LogP contribution in [0.25, 0.3) is 0 Å². The van der Waals surface area contributed by atoms with E-state index in [9.17, 15) is 5.11 Å². The fraction of sp³-hybridized carbons (Fsp3) is 0.500. The molecule has 0 amide bonds. The second kappa shape index (κ2) is 3.62. The first-order valence-corrected chi connectivity index (χ1v) is 5.09. The van der Waals surface area contributed by atoms with Gasteiger partial charge in [-0.1, -0.05) is 12.1 Å². The van der Waals surface area contributed by atoms with Crippen LogP contribution in [0.15, 0.2) is 18.2 Å². The lowest BCUT2D eigenvalue weighted by molar-refractivity contribution is -0.0364. The monoisotopic (exact) mass is 192 g/mol. The van der Waals surface area contributed by atoms with E-state index in [1.807, 2.05) is 19.9 Å². The summed E-state index contributed by atoms with van der Waals surface area (Å²) in [5, 5.41) is 9.40. The molecule has 1 saturated carbocycles. The highest BCUT2D eigenvalue weighted by Crippen LogP contribution is 2.28. The van der Waals surface area contributed by atoms with Crippen molar-refractivity contribution in [2.45, 2.75) is 38.9 Å². The molecule has 1 aromatic rings. The third-order valence-corrected chi connectivity index (χ3v) is 2.80. The largest absolute Gasteiger partial charge is 0.487 e. The topological polar surface area (TPSA) is 29.5 Å². The Kier molecular flexibility index (Phi) is 2.46. The lowest BCUT2D eigenvalue weighted by Gasteiger charge is -2.33. The minimum atomic E-state index is -0.269. The third-order valence-electron chi connectivity index (χ3n) is 2.80. The van der Waals surface area contributed by atoms with Crippen LogP contribution >= 0.6 is 0 Å². The Morgan fingerprint density at radius 3 is 2.64 bits per heavy atom. The quantitative estimate of drug-likeness (QED) is 0.778. The summed E-state index contributed by atoms with van der Waals surface area (Å²) in [5.74, 6) is 0.911. The van der Waals surface area contributed by atoms with Gasteiger partial charge in [0.1, 0.15) is 11.9 Å². The van der Waals surface area contributed by atoms with E-state index in [0.29, 0.717) is 0 Å². The van der Waals surface area contributed by atoms with Crippen LogP contribution in [0.4, 0.5) is 0 Å². The normalized spacial score (nSPS) is 25.6. The van der Waals surface area contributed by atoms with Crippen LogP contribution in [0.5, 0.6) is 5.75 Å². The Hall–Kier alpha value is -1.02. The van der Waals surface area contributed by atoms with E-state index in [1.54, 1.807) is 0 Å². The second-order valence-corrected chi connectivity index (χ2v) is 4.07. The summed E-state index contributed by atoms with van der Waals surface area (Å²) in [4.78, 5) is 0. The first-order chi connectivity index (χ1) is 6.66. The van der Waals surface area contributed by atoms with E-state index in [4.69, 9.17) is 4.74 Å². The molecule has 2 atom stereocenters. The Labute approximate surface area is 84.5 Å². The van der Waals surface area contributed by atoms with Crippen molar-refractivity contribution in [1.29, 1.82) is 0 Å². The molecule has 0 bridgehead atoms. The maximum atomic E-state index is 9.40. The van der Waals surface area contributed by atoms with Gasteiger partial charge in [-0.3, -0.25) is 0 Å². The molecule has 0 saturated heterocycles. The fourth-order valence-electron chi connectivity index (χ4n) is 1.59. The lowest BCUT2D eigenvalue weighted by atomic mass is 9.92. The summed E-state index contributed by atoms with van der Waals surface area (Å²) in [7, 11) is 0. The Bertz CT molecular complexity index is 333. The van der Waals surface area contributed by atoms with Crippen molar-refractivity contribution in [3.8, 4) is 5.75 Å². The summed E-state index contributed by atoms with van der Waals surface area (Å²) in [5.41, 5.74) is 2.33. The number of aryl methyl sites for hydroxylation is 2. The van der Waals surface area contributed by atoms with Crippen LogP contribution in [0.2, 0.25) is 0 Å². The molecule has 1 aromatic carbocycles.